The quantitative estimate of drug-likeness (QED) is 0.831. The fourth-order valence-corrected chi connectivity index (χ4v) is 2.13. The van der Waals surface area contributed by atoms with Gasteiger partial charge in [0.1, 0.15) is 5.75 Å². The second-order valence-corrected chi connectivity index (χ2v) is 5.88. The Morgan fingerprint density at radius 2 is 1.79 bits per heavy atom. The van der Waals surface area contributed by atoms with Gasteiger partial charge in [0.25, 0.3) is 0 Å². The third-order valence-electron chi connectivity index (χ3n) is 3.78. The highest BCUT2D eigenvalue weighted by atomic mass is 16.5. The third kappa shape index (κ3) is 4.22. The fourth-order valence-electron chi connectivity index (χ4n) is 2.13. The summed E-state index contributed by atoms with van der Waals surface area (Å²) >= 11 is 0. The van der Waals surface area contributed by atoms with Crippen molar-refractivity contribution < 1.29 is 9.84 Å². The molecule has 3 heteroatoms. The Labute approximate surface area is 117 Å². The lowest BCUT2D eigenvalue weighted by molar-refractivity contribution is 0.0140. The van der Waals surface area contributed by atoms with Gasteiger partial charge in [-0.1, -0.05) is 26.0 Å². The molecule has 1 rings (SSSR count). The van der Waals surface area contributed by atoms with Crippen LogP contribution < -0.4 is 10.1 Å². The molecule has 1 atom stereocenters. The van der Waals surface area contributed by atoms with Crippen LogP contribution in [0.3, 0.4) is 0 Å². The van der Waals surface area contributed by atoms with Crippen LogP contribution in [0.1, 0.15) is 37.5 Å². The van der Waals surface area contributed by atoms with Crippen LogP contribution in [-0.4, -0.2) is 24.4 Å². The zero-order valence-electron chi connectivity index (χ0n) is 13.0. The molecule has 0 saturated carbocycles. The highest BCUT2D eigenvalue weighted by molar-refractivity contribution is 5.43. The number of rotatable bonds is 6. The first kappa shape index (κ1) is 16.0. The lowest BCUT2D eigenvalue weighted by Gasteiger charge is -2.28. The van der Waals surface area contributed by atoms with Crippen LogP contribution in [0.25, 0.3) is 0 Å². The average Bonchev–Trinajstić information content (AvgIpc) is 2.28. The summed E-state index contributed by atoms with van der Waals surface area (Å²) < 4.78 is 5.36. The molecule has 2 N–H and O–H groups in total. The van der Waals surface area contributed by atoms with Crippen molar-refractivity contribution in [1.29, 1.82) is 0 Å². The molecule has 0 saturated heterocycles. The maximum Gasteiger partial charge on any atom is 0.124 e. The lowest BCUT2D eigenvalue weighted by atomic mass is 9.92. The van der Waals surface area contributed by atoms with Gasteiger partial charge in [-0.25, -0.2) is 0 Å². The van der Waals surface area contributed by atoms with Gasteiger partial charge in [-0.15, -0.1) is 0 Å². The molecular weight excluding hydrogens is 238 g/mol. The fraction of sp³-hybridized carbons (Fsp3) is 0.625. The Hall–Kier alpha value is -1.06. The Kier molecular flexibility index (Phi) is 5.39. The minimum atomic E-state index is -0.670. The predicted octanol–water partition coefficient (Wildman–Crippen LogP) is 2.81. The molecule has 1 unspecified atom stereocenters. The molecule has 1 aromatic rings. The average molecular weight is 265 g/mol. The van der Waals surface area contributed by atoms with Gasteiger partial charge in [-0.3, -0.25) is 0 Å². The van der Waals surface area contributed by atoms with Gasteiger partial charge in [0.2, 0.25) is 0 Å². The molecule has 0 aromatic heterocycles. The van der Waals surface area contributed by atoms with Crippen LogP contribution in [0, 0.1) is 19.8 Å². The second-order valence-electron chi connectivity index (χ2n) is 5.88. The summed E-state index contributed by atoms with van der Waals surface area (Å²) in [6.45, 7) is 11.4. The van der Waals surface area contributed by atoms with E-state index in [9.17, 15) is 5.11 Å². The smallest absolute Gasteiger partial charge is 0.124 e. The maximum absolute atomic E-state index is 10.2. The maximum atomic E-state index is 10.2. The summed E-state index contributed by atoms with van der Waals surface area (Å²) in [6, 6.07) is 4.26. The first-order valence-electron chi connectivity index (χ1n) is 6.85. The van der Waals surface area contributed by atoms with E-state index in [4.69, 9.17) is 4.74 Å². The number of nitrogens with one attached hydrogen (secondary N) is 1. The van der Waals surface area contributed by atoms with E-state index < -0.39 is 5.60 Å². The van der Waals surface area contributed by atoms with Gasteiger partial charge in [-0.2, -0.15) is 0 Å². The molecule has 0 fully saturated rings. The van der Waals surface area contributed by atoms with E-state index in [1.165, 1.54) is 5.56 Å². The standard InChI is InChI=1S/C16H27NO2/c1-11(2)16(5,18)10-17-9-14-7-12(3)15(19-6)13(4)8-14/h7-8,11,17-18H,9-10H2,1-6H3. The van der Waals surface area contributed by atoms with Gasteiger partial charge in [0.15, 0.2) is 0 Å². The largest absolute Gasteiger partial charge is 0.496 e. The van der Waals surface area contributed by atoms with Crippen LogP contribution in [0.2, 0.25) is 0 Å². The van der Waals surface area contributed by atoms with Gasteiger partial charge in [-0.05, 0) is 43.4 Å². The van der Waals surface area contributed by atoms with E-state index in [2.05, 4.69) is 31.3 Å². The Morgan fingerprint density at radius 1 is 1.26 bits per heavy atom. The first-order valence-corrected chi connectivity index (χ1v) is 6.85. The number of benzene rings is 1. The van der Waals surface area contributed by atoms with Crippen LogP contribution in [0.5, 0.6) is 5.75 Å². The van der Waals surface area contributed by atoms with Gasteiger partial charge < -0.3 is 15.2 Å². The summed E-state index contributed by atoms with van der Waals surface area (Å²) in [7, 11) is 1.70. The Bertz CT molecular complexity index is 402. The number of aryl methyl sites for hydroxylation is 2. The van der Waals surface area contributed by atoms with Crippen molar-refractivity contribution >= 4 is 0 Å². The minimum absolute atomic E-state index is 0.235. The van der Waals surface area contributed by atoms with E-state index in [-0.39, 0.29) is 5.92 Å². The third-order valence-corrected chi connectivity index (χ3v) is 3.78. The van der Waals surface area contributed by atoms with E-state index in [0.717, 1.165) is 23.4 Å². The van der Waals surface area contributed by atoms with Gasteiger partial charge in [0.05, 0.1) is 12.7 Å². The van der Waals surface area contributed by atoms with E-state index in [1.54, 1.807) is 7.11 Å². The van der Waals surface area contributed by atoms with Crippen LogP contribution in [-0.2, 0) is 6.54 Å². The van der Waals surface area contributed by atoms with Crippen molar-refractivity contribution in [2.24, 2.45) is 5.92 Å². The van der Waals surface area contributed by atoms with Crippen LogP contribution in [0.4, 0.5) is 0 Å². The molecule has 0 aliphatic rings. The topological polar surface area (TPSA) is 41.5 Å². The highest BCUT2D eigenvalue weighted by Crippen LogP contribution is 2.24. The van der Waals surface area contributed by atoms with Crippen molar-refractivity contribution in [1.82, 2.24) is 5.32 Å². The second kappa shape index (κ2) is 6.40. The molecule has 1 aromatic carbocycles. The van der Waals surface area contributed by atoms with E-state index >= 15 is 0 Å². The predicted molar refractivity (Wildman–Crippen MR) is 79.6 cm³/mol. The van der Waals surface area contributed by atoms with Gasteiger partial charge >= 0.3 is 0 Å². The SMILES string of the molecule is COc1c(C)cc(CNCC(C)(O)C(C)C)cc1C. The minimum Gasteiger partial charge on any atom is -0.496 e. The van der Waals surface area contributed by atoms with E-state index in [0.29, 0.717) is 6.54 Å². The van der Waals surface area contributed by atoms with Crippen LogP contribution >= 0.6 is 0 Å². The molecule has 0 spiro atoms. The summed E-state index contributed by atoms with van der Waals surface area (Å²) in [5.41, 5.74) is 2.84. The highest BCUT2D eigenvalue weighted by Gasteiger charge is 2.23. The zero-order chi connectivity index (χ0) is 14.6. The van der Waals surface area contributed by atoms with Gasteiger partial charge in [0, 0.05) is 13.1 Å². The van der Waals surface area contributed by atoms with Crippen molar-refractivity contribution in [3.8, 4) is 5.75 Å². The molecule has 0 heterocycles. The summed E-state index contributed by atoms with van der Waals surface area (Å²) in [5, 5.41) is 13.5. The molecule has 0 aliphatic heterocycles. The monoisotopic (exact) mass is 265 g/mol. The zero-order valence-corrected chi connectivity index (χ0v) is 13.0. The summed E-state index contributed by atoms with van der Waals surface area (Å²) in [6.07, 6.45) is 0. The molecule has 19 heavy (non-hydrogen) atoms. The molecule has 0 amide bonds. The summed E-state index contributed by atoms with van der Waals surface area (Å²) in [5.74, 6) is 1.19. The molecule has 3 nitrogen and oxygen atoms in total. The normalized spacial score (nSPS) is 14.5. The number of aliphatic hydroxyl groups is 1. The van der Waals surface area contributed by atoms with Crippen LogP contribution in [0.15, 0.2) is 12.1 Å². The Balaban J connectivity index is 2.65. The Morgan fingerprint density at radius 3 is 2.21 bits per heavy atom. The van der Waals surface area contributed by atoms with Crippen molar-refractivity contribution in [2.45, 2.75) is 46.8 Å². The van der Waals surface area contributed by atoms with Crippen molar-refractivity contribution in [2.75, 3.05) is 13.7 Å². The number of hydrogen-bond acceptors (Lipinski definition) is 3. The molecule has 0 bridgehead atoms. The van der Waals surface area contributed by atoms with Crippen molar-refractivity contribution in [3.63, 3.8) is 0 Å². The number of methoxy groups -OCH3 is 1. The number of hydrogen-bond donors (Lipinski definition) is 2. The van der Waals surface area contributed by atoms with Crippen molar-refractivity contribution in [3.05, 3.63) is 28.8 Å². The molecule has 0 radical (unpaired) electrons. The molecule has 0 aliphatic carbocycles. The lowest BCUT2D eigenvalue weighted by Crippen LogP contribution is -2.41. The molecular formula is C16H27NO2. The summed E-state index contributed by atoms with van der Waals surface area (Å²) in [4.78, 5) is 0. The molecule has 108 valence electrons. The number of ether oxygens (including phenoxy) is 1. The van der Waals surface area contributed by atoms with E-state index in [1.807, 2.05) is 20.8 Å². The first-order chi connectivity index (χ1) is 8.77.